The van der Waals surface area contributed by atoms with E-state index in [1.54, 1.807) is 7.11 Å². The van der Waals surface area contributed by atoms with Crippen molar-refractivity contribution in [3.05, 3.63) is 53.0 Å². The topological polar surface area (TPSA) is 55.2 Å². The quantitative estimate of drug-likeness (QED) is 0.773. The lowest BCUT2D eigenvalue weighted by atomic mass is 9.82. The van der Waals surface area contributed by atoms with Crippen LogP contribution in [-0.4, -0.2) is 56.2 Å². The van der Waals surface area contributed by atoms with Crippen molar-refractivity contribution in [3.63, 3.8) is 0 Å². The second kappa shape index (κ2) is 8.59. The Morgan fingerprint density at radius 3 is 2.69 bits per heavy atom. The van der Waals surface area contributed by atoms with Gasteiger partial charge in [0.25, 0.3) is 5.91 Å². The van der Waals surface area contributed by atoms with E-state index in [1.165, 1.54) is 11.1 Å². The van der Waals surface area contributed by atoms with Gasteiger partial charge in [-0.1, -0.05) is 6.07 Å². The first-order valence-corrected chi connectivity index (χ1v) is 10.3. The van der Waals surface area contributed by atoms with Gasteiger partial charge in [-0.05, 0) is 74.7 Å². The van der Waals surface area contributed by atoms with Crippen LogP contribution in [0.25, 0.3) is 0 Å². The normalized spacial score (nSPS) is 20.0. The van der Waals surface area contributed by atoms with Crippen molar-refractivity contribution in [3.8, 4) is 5.75 Å². The molecule has 0 spiro atoms. The fourth-order valence-corrected chi connectivity index (χ4v) is 4.49. The molecule has 0 saturated carbocycles. The number of carbonyl (C=O) groups is 1. The number of fused-ring (bicyclic) bond motifs is 1. The molecule has 1 amide bonds. The van der Waals surface area contributed by atoms with Gasteiger partial charge in [0, 0.05) is 25.8 Å². The molecule has 1 aromatic carbocycles. The zero-order valence-electron chi connectivity index (χ0n) is 17.5. The van der Waals surface area contributed by atoms with E-state index in [2.05, 4.69) is 12.1 Å². The summed E-state index contributed by atoms with van der Waals surface area (Å²) in [5.41, 5.74) is 2.46. The van der Waals surface area contributed by atoms with Gasteiger partial charge in [-0.15, -0.1) is 0 Å². The minimum absolute atomic E-state index is 0.0204. The fourth-order valence-electron chi connectivity index (χ4n) is 4.49. The van der Waals surface area contributed by atoms with Gasteiger partial charge in [0.05, 0.1) is 13.7 Å². The zero-order chi connectivity index (χ0) is 20.4. The van der Waals surface area contributed by atoms with Crippen molar-refractivity contribution in [2.45, 2.75) is 38.4 Å². The number of amides is 1. The molecule has 0 bridgehead atoms. The lowest BCUT2D eigenvalue weighted by Gasteiger charge is -2.42. The third-order valence-electron chi connectivity index (χ3n) is 6.00. The number of ether oxygens (including phenoxy) is 2. The first-order chi connectivity index (χ1) is 14.0. The Balaban J connectivity index is 1.62. The highest BCUT2D eigenvalue weighted by molar-refractivity contribution is 5.92. The van der Waals surface area contributed by atoms with Crippen molar-refractivity contribution >= 4 is 5.91 Å². The molecule has 1 fully saturated rings. The molecule has 1 atom stereocenters. The predicted octanol–water partition coefficient (Wildman–Crippen LogP) is 3.34. The van der Waals surface area contributed by atoms with Gasteiger partial charge in [0.1, 0.15) is 11.5 Å². The van der Waals surface area contributed by atoms with E-state index in [-0.39, 0.29) is 11.9 Å². The van der Waals surface area contributed by atoms with Gasteiger partial charge in [-0.25, -0.2) is 0 Å². The molecule has 2 aliphatic rings. The lowest BCUT2D eigenvalue weighted by Crippen LogP contribution is -2.49. The molecule has 0 radical (unpaired) electrons. The number of hydrogen-bond acceptors (Lipinski definition) is 5. The van der Waals surface area contributed by atoms with Gasteiger partial charge < -0.3 is 23.7 Å². The van der Waals surface area contributed by atoms with E-state index in [9.17, 15) is 4.79 Å². The number of nitrogens with zero attached hydrogens (tertiary/aromatic N) is 2. The Morgan fingerprint density at radius 2 is 1.97 bits per heavy atom. The maximum absolute atomic E-state index is 13.4. The molecule has 0 N–H and O–H groups in total. The largest absolute Gasteiger partial charge is 0.497 e. The van der Waals surface area contributed by atoms with E-state index >= 15 is 0 Å². The zero-order valence-corrected chi connectivity index (χ0v) is 17.5. The summed E-state index contributed by atoms with van der Waals surface area (Å²) in [6.45, 7) is 2.81. The summed E-state index contributed by atoms with van der Waals surface area (Å²) in [6, 6.07) is 10.0. The molecule has 2 aromatic rings. The van der Waals surface area contributed by atoms with Gasteiger partial charge >= 0.3 is 0 Å². The minimum atomic E-state index is -0.0204. The van der Waals surface area contributed by atoms with E-state index < -0.39 is 0 Å². The van der Waals surface area contributed by atoms with Crippen molar-refractivity contribution in [1.82, 2.24) is 9.80 Å². The second-order valence-electron chi connectivity index (χ2n) is 8.29. The maximum atomic E-state index is 13.4. The highest BCUT2D eigenvalue weighted by atomic mass is 16.5. The van der Waals surface area contributed by atoms with Crippen LogP contribution in [0.15, 0.2) is 34.7 Å². The van der Waals surface area contributed by atoms with Gasteiger partial charge in [-0.3, -0.25) is 4.79 Å². The first kappa shape index (κ1) is 20.0. The van der Waals surface area contributed by atoms with E-state index in [0.29, 0.717) is 24.8 Å². The van der Waals surface area contributed by atoms with Crippen LogP contribution in [0, 0.1) is 5.92 Å². The molecule has 6 nitrogen and oxygen atoms in total. The van der Waals surface area contributed by atoms with Gasteiger partial charge in [0.15, 0.2) is 5.76 Å². The predicted molar refractivity (Wildman–Crippen MR) is 110 cm³/mol. The summed E-state index contributed by atoms with van der Waals surface area (Å²) < 4.78 is 16.9. The molecule has 1 aromatic heterocycles. The smallest absolute Gasteiger partial charge is 0.290 e. The van der Waals surface area contributed by atoms with Crippen LogP contribution in [0.1, 0.15) is 40.3 Å². The van der Waals surface area contributed by atoms with Crippen LogP contribution >= 0.6 is 0 Å². The van der Waals surface area contributed by atoms with E-state index in [0.717, 1.165) is 44.0 Å². The Labute approximate surface area is 172 Å². The highest BCUT2D eigenvalue weighted by Crippen LogP contribution is 2.34. The van der Waals surface area contributed by atoms with Crippen LogP contribution in [0.3, 0.4) is 0 Å². The monoisotopic (exact) mass is 398 g/mol. The van der Waals surface area contributed by atoms with Crippen molar-refractivity contribution in [2.24, 2.45) is 5.92 Å². The van der Waals surface area contributed by atoms with Gasteiger partial charge in [0.2, 0.25) is 0 Å². The molecule has 29 heavy (non-hydrogen) atoms. The van der Waals surface area contributed by atoms with Crippen LogP contribution in [0.4, 0.5) is 0 Å². The molecule has 6 heteroatoms. The molecule has 0 aliphatic carbocycles. The summed E-state index contributed by atoms with van der Waals surface area (Å²) in [7, 11) is 5.67. The maximum Gasteiger partial charge on any atom is 0.290 e. The number of benzene rings is 1. The average molecular weight is 399 g/mol. The van der Waals surface area contributed by atoms with E-state index in [1.807, 2.05) is 42.1 Å². The third-order valence-corrected chi connectivity index (χ3v) is 6.00. The van der Waals surface area contributed by atoms with Crippen LogP contribution in [-0.2, 0) is 24.2 Å². The number of furan rings is 1. The van der Waals surface area contributed by atoms with Crippen LogP contribution in [0.5, 0.6) is 5.75 Å². The standard InChI is InChI=1S/C23H30N2O4/c1-24(2)15-20-6-7-22(29-20)23(26)25-14-17-4-5-19(27-3)12-18(17)13-21(25)16-8-10-28-11-9-16/h4-7,12,16,21H,8-11,13-15H2,1-3H3. The fraction of sp³-hybridized carbons (Fsp3) is 0.522. The average Bonchev–Trinajstić information content (AvgIpc) is 3.20. The molecule has 1 unspecified atom stereocenters. The Kier molecular flexibility index (Phi) is 5.92. The molecule has 156 valence electrons. The number of rotatable bonds is 5. The van der Waals surface area contributed by atoms with Crippen LogP contribution < -0.4 is 4.74 Å². The number of carbonyl (C=O) groups excluding carboxylic acids is 1. The Bertz CT molecular complexity index is 854. The first-order valence-electron chi connectivity index (χ1n) is 10.3. The molecule has 4 rings (SSSR count). The van der Waals surface area contributed by atoms with E-state index in [4.69, 9.17) is 13.9 Å². The molecule has 3 heterocycles. The minimum Gasteiger partial charge on any atom is -0.497 e. The van der Waals surface area contributed by atoms with Crippen molar-refractivity contribution < 1.29 is 18.7 Å². The molecule has 2 aliphatic heterocycles. The van der Waals surface area contributed by atoms with Crippen molar-refractivity contribution in [1.29, 1.82) is 0 Å². The number of methoxy groups -OCH3 is 1. The molecule has 1 saturated heterocycles. The lowest BCUT2D eigenvalue weighted by molar-refractivity contribution is 0.0165. The third kappa shape index (κ3) is 4.33. The summed E-state index contributed by atoms with van der Waals surface area (Å²) in [4.78, 5) is 17.5. The number of hydrogen-bond donors (Lipinski definition) is 0. The SMILES string of the molecule is COc1ccc2c(c1)CC(C1CCOCC1)N(C(=O)c1ccc(CN(C)C)o1)C2. The van der Waals surface area contributed by atoms with Crippen molar-refractivity contribution in [2.75, 3.05) is 34.4 Å². The summed E-state index contributed by atoms with van der Waals surface area (Å²) in [5.74, 6) is 2.52. The highest BCUT2D eigenvalue weighted by Gasteiger charge is 2.37. The molecular weight excluding hydrogens is 368 g/mol. The summed E-state index contributed by atoms with van der Waals surface area (Å²) >= 11 is 0. The summed E-state index contributed by atoms with van der Waals surface area (Å²) in [5, 5.41) is 0. The second-order valence-corrected chi connectivity index (χ2v) is 8.29. The Morgan fingerprint density at radius 1 is 1.17 bits per heavy atom. The molecular formula is C23H30N2O4. The summed E-state index contributed by atoms with van der Waals surface area (Å²) in [6.07, 6.45) is 2.81. The van der Waals surface area contributed by atoms with Gasteiger partial charge in [-0.2, -0.15) is 0 Å². The Hall–Kier alpha value is -2.31. The van der Waals surface area contributed by atoms with Crippen LogP contribution in [0.2, 0.25) is 0 Å².